The van der Waals surface area contributed by atoms with Gasteiger partial charge in [-0.2, -0.15) is 5.26 Å². The number of rotatable bonds is 3. The Morgan fingerprint density at radius 3 is 1.75 bits per heavy atom. The lowest BCUT2D eigenvalue weighted by molar-refractivity contribution is -0.135. The fourth-order valence-corrected chi connectivity index (χ4v) is 0.157. The van der Waals surface area contributed by atoms with Crippen LogP contribution in [0.25, 0.3) is 0 Å². The van der Waals surface area contributed by atoms with Gasteiger partial charge in [-0.1, -0.05) is 19.7 Å². The van der Waals surface area contributed by atoms with Crippen LogP contribution in [-0.2, 0) is 19.1 Å². The van der Waals surface area contributed by atoms with Gasteiger partial charge in [-0.05, 0) is 6.92 Å². The molecule has 0 saturated heterocycles. The van der Waals surface area contributed by atoms with Crippen molar-refractivity contribution in [2.75, 3.05) is 0 Å². The second kappa shape index (κ2) is 18.4. The lowest BCUT2D eigenvalue weighted by atomic mass is 10.4. The third-order valence-electron chi connectivity index (χ3n) is 0.592. The van der Waals surface area contributed by atoms with E-state index < -0.39 is 0 Å². The summed E-state index contributed by atoms with van der Waals surface area (Å²) in [4.78, 5) is 18.9. The molecule has 0 radical (unpaired) electrons. The molecule has 0 heterocycles. The molecule has 0 unspecified atom stereocenters. The van der Waals surface area contributed by atoms with Crippen LogP contribution in [-0.4, -0.2) is 12.4 Å². The number of carbonyl (C=O) groups excluding carboxylic acids is 2. The van der Waals surface area contributed by atoms with E-state index >= 15 is 0 Å². The molecule has 5 nitrogen and oxygen atoms in total. The first-order valence-electron chi connectivity index (χ1n) is 3.99. The van der Waals surface area contributed by atoms with E-state index in [2.05, 4.69) is 29.2 Å². The summed E-state index contributed by atoms with van der Waals surface area (Å²) >= 11 is 0. The number of hydrogen-bond acceptors (Lipinski definition) is 5. The molecule has 0 aromatic rings. The first-order chi connectivity index (χ1) is 7.45. The summed E-state index contributed by atoms with van der Waals surface area (Å²) in [7, 11) is 0. The standard InChI is InChI=1S/C4H5N.C4H6O2.C3H4O2/c1-4(2)3-5;1-3-6-4(2)5;1-2-5-3-4/h1H2,2H3;3H,1H2,2H3;2-3H,1H2. The van der Waals surface area contributed by atoms with Crippen molar-refractivity contribution >= 4 is 12.4 Å². The zero-order chi connectivity index (χ0) is 13.4. The van der Waals surface area contributed by atoms with Gasteiger partial charge in [0.25, 0.3) is 6.47 Å². The third kappa shape index (κ3) is 61.1. The van der Waals surface area contributed by atoms with E-state index in [0.717, 1.165) is 12.5 Å². The van der Waals surface area contributed by atoms with Gasteiger partial charge in [0.05, 0.1) is 18.6 Å². The number of nitriles is 1. The molecule has 0 aliphatic rings. The van der Waals surface area contributed by atoms with Gasteiger partial charge in [-0.15, -0.1) is 0 Å². The summed E-state index contributed by atoms with van der Waals surface area (Å²) in [5.41, 5.74) is 0.560. The lowest BCUT2D eigenvalue weighted by Crippen LogP contribution is -1.87. The highest BCUT2D eigenvalue weighted by Crippen LogP contribution is 1.74. The summed E-state index contributed by atoms with van der Waals surface area (Å²) in [6.07, 6.45) is 2.16. The normalized spacial score (nSPS) is 6.06. The van der Waals surface area contributed by atoms with Crippen molar-refractivity contribution in [3.05, 3.63) is 37.8 Å². The number of carbonyl (C=O) groups is 2. The van der Waals surface area contributed by atoms with Crippen LogP contribution in [0.15, 0.2) is 37.8 Å². The quantitative estimate of drug-likeness (QED) is 0.318. The topological polar surface area (TPSA) is 76.4 Å². The molecule has 0 fully saturated rings. The van der Waals surface area contributed by atoms with Crippen molar-refractivity contribution in [3.63, 3.8) is 0 Å². The largest absolute Gasteiger partial charge is 0.437 e. The number of hydrogen-bond donors (Lipinski definition) is 0. The summed E-state index contributed by atoms with van der Waals surface area (Å²) in [5.74, 6) is -0.329. The first-order valence-corrected chi connectivity index (χ1v) is 3.99. The molecular formula is C11H15NO4. The predicted octanol–water partition coefficient (Wildman–Crippen LogP) is 2.08. The second-order valence-electron chi connectivity index (χ2n) is 2.07. The van der Waals surface area contributed by atoms with E-state index in [1.54, 1.807) is 6.92 Å². The molecule has 16 heavy (non-hydrogen) atoms. The molecular weight excluding hydrogens is 210 g/mol. The first kappa shape index (κ1) is 19.3. The predicted molar refractivity (Wildman–Crippen MR) is 59.7 cm³/mol. The van der Waals surface area contributed by atoms with E-state index in [1.807, 2.05) is 6.07 Å². The van der Waals surface area contributed by atoms with Crippen molar-refractivity contribution in [1.29, 1.82) is 5.26 Å². The number of nitrogens with zero attached hydrogens (tertiary/aromatic N) is 1. The highest BCUT2D eigenvalue weighted by molar-refractivity contribution is 5.66. The SMILES string of the molecule is C=C(C)C#N.C=COC(C)=O.C=COC=O. The van der Waals surface area contributed by atoms with Gasteiger partial charge >= 0.3 is 5.97 Å². The van der Waals surface area contributed by atoms with Crippen LogP contribution in [0.5, 0.6) is 0 Å². The van der Waals surface area contributed by atoms with E-state index in [-0.39, 0.29) is 5.97 Å². The van der Waals surface area contributed by atoms with Crippen LogP contribution in [0.4, 0.5) is 0 Å². The summed E-state index contributed by atoms with van der Waals surface area (Å²) < 4.78 is 8.08. The van der Waals surface area contributed by atoms with E-state index in [4.69, 9.17) is 10.1 Å². The van der Waals surface area contributed by atoms with Crippen molar-refractivity contribution < 1.29 is 19.1 Å². The van der Waals surface area contributed by atoms with E-state index in [0.29, 0.717) is 12.0 Å². The van der Waals surface area contributed by atoms with Gasteiger partial charge < -0.3 is 9.47 Å². The van der Waals surface area contributed by atoms with Crippen LogP contribution in [0.2, 0.25) is 0 Å². The Bertz CT molecular complexity index is 270. The molecule has 0 bridgehead atoms. The minimum atomic E-state index is -0.329. The molecule has 0 atom stereocenters. The molecule has 0 aromatic carbocycles. The Balaban J connectivity index is -0.000000160. The zero-order valence-corrected chi connectivity index (χ0v) is 9.43. The van der Waals surface area contributed by atoms with E-state index in [1.165, 1.54) is 6.92 Å². The molecule has 0 aliphatic heterocycles. The summed E-state index contributed by atoms with van der Waals surface area (Å²) in [6, 6.07) is 1.83. The summed E-state index contributed by atoms with van der Waals surface area (Å²) in [6.45, 7) is 12.9. The van der Waals surface area contributed by atoms with Gasteiger partial charge in [0, 0.05) is 12.5 Å². The maximum atomic E-state index is 9.75. The van der Waals surface area contributed by atoms with Crippen LogP contribution in [0.1, 0.15) is 13.8 Å². The average Bonchev–Trinajstić information content (AvgIpc) is 2.20. The van der Waals surface area contributed by atoms with Crippen LogP contribution < -0.4 is 0 Å². The maximum Gasteiger partial charge on any atom is 0.307 e. The lowest BCUT2D eigenvalue weighted by Gasteiger charge is -1.83. The molecule has 0 amide bonds. The molecule has 0 rings (SSSR count). The molecule has 0 aliphatic carbocycles. The molecule has 0 spiro atoms. The highest BCUT2D eigenvalue weighted by atomic mass is 16.5. The molecule has 0 aromatic heterocycles. The fourth-order valence-electron chi connectivity index (χ4n) is 0.157. The number of esters is 1. The maximum absolute atomic E-state index is 9.75. The minimum absolute atomic E-state index is 0.312. The second-order valence-corrected chi connectivity index (χ2v) is 2.07. The van der Waals surface area contributed by atoms with E-state index in [9.17, 15) is 4.79 Å². The van der Waals surface area contributed by atoms with Crippen molar-refractivity contribution in [3.8, 4) is 6.07 Å². The Kier molecular flexibility index (Phi) is 22.2. The van der Waals surface area contributed by atoms with Crippen LogP contribution in [0.3, 0.4) is 0 Å². The Morgan fingerprint density at radius 1 is 1.31 bits per heavy atom. The number of allylic oxidation sites excluding steroid dienone is 1. The van der Waals surface area contributed by atoms with Gasteiger partial charge in [0.15, 0.2) is 0 Å². The minimum Gasteiger partial charge on any atom is -0.437 e. The smallest absolute Gasteiger partial charge is 0.307 e. The third-order valence-corrected chi connectivity index (χ3v) is 0.592. The zero-order valence-electron chi connectivity index (χ0n) is 9.43. The fraction of sp³-hybridized carbons (Fsp3) is 0.182. The van der Waals surface area contributed by atoms with Gasteiger partial charge in [0.2, 0.25) is 0 Å². The Hall–Kier alpha value is -2.35. The van der Waals surface area contributed by atoms with Crippen molar-refractivity contribution in [2.45, 2.75) is 13.8 Å². The van der Waals surface area contributed by atoms with Crippen molar-refractivity contribution in [1.82, 2.24) is 0 Å². The highest BCUT2D eigenvalue weighted by Gasteiger charge is 1.79. The number of ether oxygens (including phenoxy) is 2. The van der Waals surface area contributed by atoms with Crippen LogP contribution in [0, 0.1) is 11.3 Å². The molecule has 5 heteroatoms. The average molecular weight is 225 g/mol. The van der Waals surface area contributed by atoms with Crippen molar-refractivity contribution in [2.24, 2.45) is 0 Å². The van der Waals surface area contributed by atoms with Gasteiger partial charge in [0.1, 0.15) is 0 Å². The molecule has 88 valence electrons. The monoisotopic (exact) mass is 225 g/mol. The van der Waals surface area contributed by atoms with Gasteiger partial charge in [-0.3, -0.25) is 9.59 Å². The van der Waals surface area contributed by atoms with Gasteiger partial charge in [-0.25, -0.2) is 0 Å². The molecule has 0 N–H and O–H groups in total. The molecule has 0 saturated carbocycles. The Morgan fingerprint density at radius 2 is 1.75 bits per heavy atom. The Labute approximate surface area is 95.3 Å². The van der Waals surface area contributed by atoms with Crippen LogP contribution >= 0.6 is 0 Å². The summed E-state index contributed by atoms with van der Waals surface area (Å²) in [5, 5.41) is 7.79.